The normalized spacial score (nSPS) is 28.9. The van der Waals surface area contributed by atoms with E-state index in [2.05, 4.69) is 4.74 Å². The summed E-state index contributed by atoms with van der Waals surface area (Å²) in [4.78, 5) is 0. The number of aliphatic hydroxyl groups is 2. The highest BCUT2D eigenvalue weighted by atomic mass is 16.5. The Hall–Kier alpha value is -0.0800. The van der Waals surface area contributed by atoms with Gasteiger partial charge in [0.25, 0.3) is 0 Å². The van der Waals surface area contributed by atoms with E-state index < -0.39 is 0 Å². The van der Waals surface area contributed by atoms with E-state index >= 15 is 0 Å². The summed E-state index contributed by atoms with van der Waals surface area (Å²) in [6.45, 7) is 2.86. The fourth-order valence-corrected chi connectivity index (χ4v) is 0.986. The SMILES string of the molecule is C[OH+]CC1CCOC1. The molecule has 0 aromatic carbocycles. The van der Waals surface area contributed by atoms with Gasteiger partial charge in [0, 0.05) is 6.61 Å². The molecule has 8 heavy (non-hydrogen) atoms. The summed E-state index contributed by atoms with van der Waals surface area (Å²) >= 11 is 0. The predicted molar refractivity (Wildman–Crippen MR) is 31.9 cm³/mol. The van der Waals surface area contributed by atoms with Crippen LogP contribution in [0, 0.1) is 5.92 Å². The van der Waals surface area contributed by atoms with Crippen molar-refractivity contribution in [3.05, 3.63) is 0 Å². The molecule has 0 bridgehead atoms. The third kappa shape index (κ3) is 1.46. The zero-order valence-corrected chi connectivity index (χ0v) is 5.26. The third-order valence-electron chi connectivity index (χ3n) is 1.46. The second kappa shape index (κ2) is 3.05. The summed E-state index contributed by atoms with van der Waals surface area (Å²) in [5.74, 6) is 0.722. The summed E-state index contributed by atoms with van der Waals surface area (Å²) < 4.78 is 9.19. The Morgan fingerprint density at radius 3 is 3.12 bits per heavy atom. The van der Waals surface area contributed by atoms with Crippen LogP contribution in [-0.4, -0.2) is 31.7 Å². The van der Waals surface area contributed by atoms with Crippen molar-refractivity contribution in [2.45, 2.75) is 6.42 Å². The van der Waals surface area contributed by atoms with Gasteiger partial charge in [0.15, 0.2) is 0 Å². The molecule has 2 nitrogen and oxygen atoms in total. The molecule has 1 fully saturated rings. The van der Waals surface area contributed by atoms with E-state index in [9.17, 15) is 0 Å². The fourth-order valence-electron chi connectivity index (χ4n) is 0.986. The minimum Gasteiger partial charge on any atom is -0.436 e. The lowest BCUT2D eigenvalue weighted by Crippen LogP contribution is -2.09. The molecule has 1 atom stereocenters. The Morgan fingerprint density at radius 1 is 1.75 bits per heavy atom. The lowest BCUT2D eigenvalue weighted by atomic mass is 10.1. The smallest absolute Gasteiger partial charge is 0.149 e. The van der Waals surface area contributed by atoms with E-state index in [0.29, 0.717) is 0 Å². The lowest BCUT2D eigenvalue weighted by Gasteiger charge is -1.99. The van der Waals surface area contributed by atoms with Gasteiger partial charge in [-0.3, -0.25) is 0 Å². The molecular weight excluding hydrogens is 104 g/mol. The topological polar surface area (TPSA) is 22.0 Å². The van der Waals surface area contributed by atoms with Crippen LogP contribution in [0.25, 0.3) is 0 Å². The first-order chi connectivity index (χ1) is 3.93. The number of rotatable bonds is 2. The molecular formula is C6H13O2+. The first-order valence-electron chi connectivity index (χ1n) is 3.07. The van der Waals surface area contributed by atoms with E-state index in [1.165, 1.54) is 6.42 Å². The molecule has 0 aliphatic carbocycles. The molecule has 0 aromatic heterocycles. The van der Waals surface area contributed by atoms with E-state index in [4.69, 9.17) is 4.74 Å². The second-order valence-electron chi connectivity index (χ2n) is 2.23. The van der Waals surface area contributed by atoms with Crippen LogP contribution in [0.1, 0.15) is 6.42 Å². The van der Waals surface area contributed by atoms with Crippen molar-refractivity contribution in [3.8, 4) is 0 Å². The Bertz CT molecular complexity index is 57.5. The number of hydrogen-bond donors (Lipinski definition) is 0. The maximum Gasteiger partial charge on any atom is 0.149 e. The van der Waals surface area contributed by atoms with Crippen LogP contribution in [0.2, 0.25) is 0 Å². The van der Waals surface area contributed by atoms with Crippen molar-refractivity contribution in [2.24, 2.45) is 5.92 Å². The van der Waals surface area contributed by atoms with Crippen LogP contribution >= 0.6 is 0 Å². The molecule has 1 aliphatic rings. The summed E-state index contributed by atoms with van der Waals surface area (Å²) in [5, 5.41) is 0. The highest BCUT2D eigenvalue weighted by Crippen LogP contribution is 2.10. The average Bonchev–Trinajstić information content (AvgIpc) is 2.19. The van der Waals surface area contributed by atoms with Crippen LogP contribution in [0.3, 0.4) is 0 Å². The van der Waals surface area contributed by atoms with Gasteiger partial charge < -0.3 is 9.47 Å². The van der Waals surface area contributed by atoms with Gasteiger partial charge in [-0.15, -0.1) is 0 Å². The summed E-state index contributed by atoms with van der Waals surface area (Å²) in [6.07, 6.45) is 1.21. The summed E-state index contributed by atoms with van der Waals surface area (Å²) in [5.41, 5.74) is 0. The molecule has 1 saturated heterocycles. The molecule has 1 N–H and O–H groups in total. The van der Waals surface area contributed by atoms with Crippen LogP contribution in [0.4, 0.5) is 0 Å². The van der Waals surface area contributed by atoms with Gasteiger partial charge in [-0.1, -0.05) is 0 Å². The second-order valence-corrected chi connectivity index (χ2v) is 2.23. The number of ether oxygens (including phenoxy) is 2. The van der Waals surface area contributed by atoms with Crippen molar-refractivity contribution < 1.29 is 9.47 Å². The molecule has 0 saturated carbocycles. The van der Waals surface area contributed by atoms with E-state index in [1.807, 2.05) is 7.11 Å². The van der Waals surface area contributed by atoms with Crippen LogP contribution in [-0.2, 0) is 4.74 Å². The van der Waals surface area contributed by atoms with Crippen LogP contribution in [0.15, 0.2) is 0 Å². The van der Waals surface area contributed by atoms with Crippen molar-refractivity contribution in [2.75, 3.05) is 26.9 Å². The van der Waals surface area contributed by atoms with Gasteiger partial charge in [0.1, 0.15) is 13.7 Å². The van der Waals surface area contributed by atoms with Gasteiger partial charge in [-0.2, -0.15) is 0 Å². The minimum absolute atomic E-state index is 0.722. The van der Waals surface area contributed by atoms with Crippen molar-refractivity contribution >= 4 is 0 Å². The standard InChI is InChI=1S/C6H12O2/c1-7-4-6-2-3-8-5-6/h6H,2-5H2,1H3/p+1. The minimum atomic E-state index is 0.722. The lowest BCUT2D eigenvalue weighted by molar-refractivity contribution is -0.0131. The van der Waals surface area contributed by atoms with Gasteiger partial charge in [-0.05, 0) is 6.42 Å². The molecule has 1 aliphatic heterocycles. The van der Waals surface area contributed by atoms with E-state index in [1.54, 1.807) is 0 Å². The molecule has 0 spiro atoms. The Labute approximate surface area is 49.8 Å². The Morgan fingerprint density at radius 2 is 2.62 bits per heavy atom. The van der Waals surface area contributed by atoms with Crippen molar-refractivity contribution in [1.29, 1.82) is 0 Å². The zero-order valence-electron chi connectivity index (χ0n) is 5.26. The molecule has 2 heteroatoms. The Balaban J connectivity index is 2.06. The van der Waals surface area contributed by atoms with Gasteiger partial charge in [0.05, 0.1) is 12.5 Å². The summed E-state index contributed by atoms with van der Waals surface area (Å²) in [6, 6.07) is 0. The van der Waals surface area contributed by atoms with Crippen LogP contribution in [0.5, 0.6) is 0 Å². The molecule has 0 radical (unpaired) electrons. The largest absolute Gasteiger partial charge is 0.436 e. The summed E-state index contributed by atoms with van der Waals surface area (Å²) in [7, 11) is 1.86. The van der Waals surface area contributed by atoms with Gasteiger partial charge in [0.2, 0.25) is 0 Å². The quantitative estimate of drug-likeness (QED) is 0.473. The maximum atomic E-state index is 5.15. The first-order valence-corrected chi connectivity index (χ1v) is 3.07. The van der Waals surface area contributed by atoms with Crippen LogP contribution < -0.4 is 0 Å². The highest BCUT2D eigenvalue weighted by Gasteiger charge is 2.16. The number of hydrogen-bond acceptors (Lipinski definition) is 1. The first kappa shape index (κ1) is 6.05. The molecule has 0 amide bonds. The molecule has 48 valence electrons. The monoisotopic (exact) mass is 117 g/mol. The molecule has 1 rings (SSSR count). The molecule has 1 unspecified atom stereocenters. The maximum absolute atomic E-state index is 5.15. The zero-order chi connectivity index (χ0) is 5.82. The van der Waals surface area contributed by atoms with Gasteiger partial charge in [-0.25, -0.2) is 0 Å². The average molecular weight is 117 g/mol. The van der Waals surface area contributed by atoms with E-state index in [-0.39, 0.29) is 0 Å². The molecule has 0 aromatic rings. The molecule has 1 heterocycles. The predicted octanol–water partition coefficient (Wildman–Crippen LogP) is 0.181. The van der Waals surface area contributed by atoms with Crippen molar-refractivity contribution in [3.63, 3.8) is 0 Å². The van der Waals surface area contributed by atoms with Crippen molar-refractivity contribution in [1.82, 2.24) is 0 Å². The fraction of sp³-hybridized carbons (Fsp3) is 1.00. The Kier molecular flexibility index (Phi) is 2.30. The highest BCUT2D eigenvalue weighted by molar-refractivity contribution is 4.61. The van der Waals surface area contributed by atoms with E-state index in [0.717, 1.165) is 25.7 Å². The third-order valence-corrected chi connectivity index (χ3v) is 1.46. The van der Waals surface area contributed by atoms with Gasteiger partial charge >= 0.3 is 0 Å².